The van der Waals surface area contributed by atoms with Gasteiger partial charge in [-0.2, -0.15) is 0 Å². The monoisotopic (exact) mass is 336 g/mol. The number of para-hydroxylation sites is 2. The fraction of sp³-hybridized carbons (Fsp3) is 0.200. The molecule has 2 aromatic carbocycles. The molecule has 0 radical (unpaired) electrons. The molecule has 0 aliphatic carbocycles. The van der Waals surface area contributed by atoms with Gasteiger partial charge in [0.25, 0.3) is 11.8 Å². The maximum atomic E-state index is 12.5. The molecular weight excluding hydrogens is 316 g/mol. The van der Waals surface area contributed by atoms with Gasteiger partial charge in [-0.3, -0.25) is 9.59 Å². The van der Waals surface area contributed by atoms with E-state index < -0.39 is 0 Å². The Morgan fingerprint density at radius 1 is 1.04 bits per heavy atom. The molecular formula is C20H20N2O3. The topological polar surface area (TPSA) is 71.3 Å². The summed E-state index contributed by atoms with van der Waals surface area (Å²) < 4.78 is 5.57. The first-order valence-corrected chi connectivity index (χ1v) is 8.28. The Kier molecular flexibility index (Phi) is 4.84. The van der Waals surface area contributed by atoms with E-state index in [1.54, 1.807) is 36.4 Å². The van der Waals surface area contributed by atoms with Crippen molar-refractivity contribution in [2.45, 2.75) is 26.3 Å². The summed E-state index contributed by atoms with van der Waals surface area (Å²) in [6.45, 7) is 3.94. The molecule has 0 saturated heterocycles. The maximum absolute atomic E-state index is 12.5. The highest BCUT2D eigenvalue weighted by Crippen LogP contribution is 2.21. The first-order valence-electron chi connectivity index (χ1n) is 8.28. The molecule has 2 amide bonds. The zero-order valence-corrected chi connectivity index (χ0v) is 14.2. The van der Waals surface area contributed by atoms with Gasteiger partial charge in [0.1, 0.15) is 5.58 Å². The lowest BCUT2D eigenvalue weighted by Crippen LogP contribution is -2.32. The quantitative estimate of drug-likeness (QED) is 0.733. The minimum atomic E-state index is -0.389. The van der Waals surface area contributed by atoms with Crippen LogP contribution in [0.4, 0.5) is 5.69 Å². The average molecular weight is 336 g/mol. The van der Waals surface area contributed by atoms with E-state index in [0.29, 0.717) is 16.8 Å². The van der Waals surface area contributed by atoms with Crippen molar-refractivity contribution in [2.24, 2.45) is 0 Å². The fourth-order valence-corrected chi connectivity index (χ4v) is 2.47. The summed E-state index contributed by atoms with van der Waals surface area (Å²) >= 11 is 0. The smallest absolute Gasteiger partial charge is 0.291 e. The van der Waals surface area contributed by atoms with Gasteiger partial charge in [0.2, 0.25) is 0 Å². The number of hydrogen-bond acceptors (Lipinski definition) is 3. The number of fused-ring (bicyclic) bond motifs is 1. The fourth-order valence-electron chi connectivity index (χ4n) is 2.47. The SMILES string of the molecule is CCC(C)NC(=O)c1ccccc1NC(=O)c1cc2ccccc2o1. The summed E-state index contributed by atoms with van der Waals surface area (Å²) in [5.74, 6) is -0.395. The van der Waals surface area contributed by atoms with E-state index in [4.69, 9.17) is 4.42 Å². The van der Waals surface area contributed by atoms with Gasteiger partial charge in [-0.25, -0.2) is 0 Å². The van der Waals surface area contributed by atoms with Gasteiger partial charge in [0.05, 0.1) is 11.3 Å². The molecule has 5 nitrogen and oxygen atoms in total. The Morgan fingerprint density at radius 2 is 1.76 bits per heavy atom. The third kappa shape index (κ3) is 3.71. The number of carbonyl (C=O) groups is 2. The largest absolute Gasteiger partial charge is 0.451 e. The summed E-state index contributed by atoms with van der Waals surface area (Å²) in [6.07, 6.45) is 0.833. The Hall–Kier alpha value is -3.08. The summed E-state index contributed by atoms with van der Waals surface area (Å²) in [6, 6.07) is 16.1. The number of carbonyl (C=O) groups excluding carboxylic acids is 2. The highest BCUT2D eigenvalue weighted by molar-refractivity contribution is 6.09. The third-order valence-corrected chi connectivity index (χ3v) is 4.06. The number of nitrogens with one attached hydrogen (secondary N) is 2. The van der Waals surface area contributed by atoms with E-state index in [2.05, 4.69) is 10.6 Å². The number of benzene rings is 2. The highest BCUT2D eigenvalue weighted by atomic mass is 16.3. The number of anilines is 1. The van der Waals surface area contributed by atoms with E-state index in [1.807, 2.05) is 32.0 Å². The van der Waals surface area contributed by atoms with E-state index in [0.717, 1.165) is 11.8 Å². The predicted molar refractivity (Wildman–Crippen MR) is 97.8 cm³/mol. The lowest BCUT2D eigenvalue weighted by molar-refractivity contribution is 0.0940. The Morgan fingerprint density at radius 3 is 2.52 bits per heavy atom. The molecule has 0 aliphatic heterocycles. The minimum absolute atomic E-state index is 0.0617. The van der Waals surface area contributed by atoms with Gasteiger partial charge in [-0.05, 0) is 37.6 Å². The molecule has 3 rings (SSSR count). The van der Waals surface area contributed by atoms with Gasteiger partial charge >= 0.3 is 0 Å². The number of hydrogen-bond donors (Lipinski definition) is 2. The van der Waals surface area contributed by atoms with Gasteiger partial charge < -0.3 is 15.1 Å². The van der Waals surface area contributed by atoms with Crippen LogP contribution in [0.5, 0.6) is 0 Å². The molecule has 0 saturated carbocycles. The molecule has 0 bridgehead atoms. The van der Waals surface area contributed by atoms with Crippen LogP contribution in [0.2, 0.25) is 0 Å². The molecule has 0 fully saturated rings. The zero-order valence-electron chi connectivity index (χ0n) is 14.2. The molecule has 0 aliphatic rings. The van der Waals surface area contributed by atoms with Gasteiger partial charge in [0.15, 0.2) is 5.76 Å². The summed E-state index contributed by atoms with van der Waals surface area (Å²) in [4.78, 5) is 24.9. The third-order valence-electron chi connectivity index (χ3n) is 4.06. The van der Waals surface area contributed by atoms with E-state index in [9.17, 15) is 9.59 Å². The van der Waals surface area contributed by atoms with Crippen LogP contribution in [0.3, 0.4) is 0 Å². The van der Waals surface area contributed by atoms with Crippen LogP contribution in [0.15, 0.2) is 59.0 Å². The molecule has 0 spiro atoms. The van der Waals surface area contributed by atoms with Crippen molar-refractivity contribution in [1.82, 2.24) is 5.32 Å². The Balaban J connectivity index is 1.82. The zero-order chi connectivity index (χ0) is 17.8. The van der Waals surface area contributed by atoms with Crippen LogP contribution >= 0.6 is 0 Å². The van der Waals surface area contributed by atoms with Crippen molar-refractivity contribution >= 4 is 28.5 Å². The molecule has 2 N–H and O–H groups in total. The molecule has 5 heteroatoms. The first kappa shape index (κ1) is 16.8. The van der Waals surface area contributed by atoms with Crippen LogP contribution in [-0.2, 0) is 0 Å². The van der Waals surface area contributed by atoms with Crippen LogP contribution in [0.25, 0.3) is 11.0 Å². The van der Waals surface area contributed by atoms with Gasteiger partial charge in [0, 0.05) is 11.4 Å². The second kappa shape index (κ2) is 7.21. The molecule has 1 atom stereocenters. The predicted octanol–water partition coefficient (Wildman–Crippen LogP) is 4.21. The van der Waals surface area contributed by atoms with Crippen molar-refractivity contribution < 1.29 is 14.0 Å². The van der Waals surface area contributed by atoms with Crippen LogP contribution < -0.4 is 10.6 Å². The molecule has 1 aromatic heterocycles. The summed E-state index contributed by atoms with van der Waals surface area (Å²) in [7, 11) is 0. The molecule has 25 heavy (non-hydrogen) atoms. The number of rotatable bonds is 5. The summed E-state index contributed by atoms with van der Waals surface area (Å²) in [5.41, 5.74) is 1.52. The number of amides is 2. The molecule has 128 valence electrons. The van der Waals surface area contributed by atoms with Crippen LogP contribution in [0.1, 0.15) is 41.2 Å². The second-order valence-electron chi connectivity index (χ2n) is 5.93. The van der Waals surface area contributed by atoms with Crippen molar-refractivity contribution in [3.05, 3.63) is 65.9 Å². The van der Waals surface area contributed by atoms with Crippen molar-refractivity contribution in [3.63, 3.8) is 0 Å². The van der Waals surface area contributed by atoms with E-state index >= 15 is 0 Å². The normalized spacial score (nSPS) is 11.9. The first-order chi connectivity index (χ1) is 12.1. The van der Waals surface area contributed by atoms with Crippen LogP contribution in [0, 0.1) is 0 Å². The Labute approximate surface area is 146 Å². The lowest BCUT2D eigenvalue weighted by Gasteiger charge is -2.14. The van der Waals surface area contributed by atoms with E-state index in [-0.39, 0.29) is 23.6 Å². The average Bonchev–Trinajstić information content (AvgIpc) is 3.06. The van der Waals surface area contributed by atoms with Crippen molar-refractivity contribution in [1.29, 1.82) is 0 Å². The minimum Gasteiger partial charge on any atom is -0.451 e. The van der Waals surface area contributed by atoms with E-state index in [1.165, 1.54) is 0 Å². The molecule has 1 heterocycles. The number of furan rings is 1. The second-order valence-corrected chi connectivity index (χ2v) is 5.93. The highest BCUT2D eigenvalue weighted by Gasteiger charge is 2.17. The van der Waals surface area contributed by atoms with Gasteiger partial charge in [-0.15, -0.1) is 0 Å². The molecule has 3 aromatic rings. The summed E-state index contributed by atoms with van der Waals surface area (Å²) in [5, 5.41) is 6.53. The standard InChI is InChI=1S/C20H20N2O3/c1-3-13(2)21-19(23)15-9-5-6-10-16(15)22-20(24)18-12-14-8-4-7-11-17(14)25-18/h4-13H,3H2,1-2H3,(H,21,23)(H,22,24). The van der Waals surface area contributed by atoms with Crippen molar-refractivity contribution in [3.8, 4) is 0 Å². The van der Waals surface area contributed by atoms with Crippen molar-refractivity contribution in [2.75, 3.05) is 5.32 Å². The lowest BCUT2D eigenvalue weighted by atomic mass is 10.1. The van der Waals surface area contributed by atoms with Crippen LogP contribution in [-0.4, -0.2) is 17.9 Å². The Bertz CT molecular complexity index is 881. The molecule has 1 unspecified atom stereocenters. The van der Waals surface area contributed by atoms with Gasteiger partial charge in [-0.1, -0.05) is 37.3 Å². The maximum Gasteiger partial charge on any atom is 0.291 e.